The van der Waals surface area contributed by atoms with Gasteiger partial charge in [-0.15, -0.1) is 4.91 Å². The Morgan fingerprint density at radius 2 is 2.18 bits per heavy atom. The first kappa shape index (κ1) is 11.4. The monoisotopic (exact) mass is 248 g/mol. The van der Waals surface area contributed by atoms with E-state index in [0.29, 0.717) is 15.7 Å². The minimum absolute atomic E-state index is 0.210. The lowest BCUT2D eigenvalue weighted by atomic mass is 10.1. The number of hydrogen-bond acceptors (Lipinski definition) is 4. The van der Waals surface area contributed by atoms with Gasteiger partial charge in [0.15, 0.2) is 0 Å². The lowest BCUT2D eigenvalue weighted by molar-refractivity contribution is -0.353. The molecular weight excluding hydrogens is 238 g/mol. The Hall–Kier alpha value is -2.08. The molecule has 2 rings (SSSR count). The predicted molar refractivity (Wildman–Crippen MR) is 65.5 cm³/mol. The molecule has 0 bridgehead atoms. The SMILES string of the molecule is Cc1ccccc1C(=O)Nc1[nH+]cc(N=O)s1. The summed E-state index contributed by atoms with van der Waals surface area (Å²) in [4.78, 5) is 24.9. The van der Waals surface area contributed by atoms with Crippen LogP contribution in [-0.2, 0) is 0 Å². The van der Waals surface area contributed by atoms with E-state index in [1.165, 1.54) is 6.20 Å². The Balaban J connectivity index is 2.17. The van der Waals surface area contributed by atoms with Crippen LogP contribution in [0.4, 0.5) is 10.1 Å². The van der Waals surface area contributed by atoms with Gasteiger partial charge < -0.3 is 0 Å². The van der Waals surface area contributed by atoms with Gasteiger partial charge in [-0.05, 0) is 35.1 Å². The maximum atomic E-state index is 11.9. The minimum Gasteiger partial charge on any atom is -0.241 e. The first-order valence-electron chi connectivity index (χ1n) is 4.92. The highest BCUT2D eigenvalue weighted by atomic mass is 32.1. The molecule has 0 saturated heterocycles. The molecule has 0 unspecified atom stereocenters. The van der Waals surface area contributed by atoms with Gasteiger partial charge in [0.1, 0.15) is 6.20 Å². The van der Waals surface area contributed by atoms with E-state index in [1.54, 1.807) is 12.1 Å². The van der Waals surface area contributed by atoms with Crippen molar-refractivity contribution in [2.75, 3.05) is 5.32 Å². The van der Waals surface area contributed by atoms with Crippen molar-refractivity contribution in [1.29, 1.82) is 0 Å². The summed E-state index contributed by atoms with van der Waals surface area (Å²) in [6, 6.07) is 7.29. The lowest BCUT2D eigenvalue weighted by Gasteiger charge is -1.99. The maximum Gasteiger partial charge on any atom is 0.341 e. The molecule has 0 aliphatic rings. The molecule has 5 nitrogen and oxygen atoms in total. The molecule has 2 N–H and O–H groups in total. The Bertz CT molecular complexity index is 565. The summed E-state index contributed by atoms with van der Waals surface area (Å²) in [5.41, 5.74) is 1.50. The molecule has 1 heterocycles. The molecule has 0 aliphatic carbocycles. The summed E-state index contributed by atoms with van der Waals surface area (Å²) in [5.74, 6) is -0.210. The van der Waals surface area contributed by atoms with E-state index in [-0.39, 0.29) is 5.91 Å². The van der Waals surface area contributed by atoms with Crippen LogP contribution < -0.4 is 10.3 Å². The Morgan fingerprint density at radius 3 is 2.82 bits per heavy atom. The summed E-state index contributed by atoms with van der Waals surface area (Å²) in [7, 11) is 0. The number of carbonyl (C=O) groups is 1. The van der Waals surface area contributed by atoms with E-state index in [1.807, 2.05) is 19.1 Å². The fourth-order valence-corrected chi connectivity index (χ4v) is 2.02. The minimum atomic E-state index is -0.210. The summed E-state index contributed by atoms with van der Waals surface area (Å²) < 4.78 is 0. The van der Waals surface area contributed by atoms with Crippen LogP contribution >= 0.6 is 11.3 Å². The molecule has 0 radical (unpaired) electrons. The van der Waals surface area contributed by atoms with Crippen molar-refractivity contribution in [2.45, 2.75) is 6.92 Å². The first-order chi connectivity index (χ1) is 8.20. The molecule has 1 amide bonds. The molecule has 0 spiro atoms. The number of H-pyrrole nitrogens is 1. The van der Waals surface area contributed by atoms with Crippen molar-refractivity contribution in [2.24, 2.45) is 5.18 Å². The largest absolute Gasteiger partial charge is 0.341 e. The topological polar surface area (TPSA) is 72.7 Å². The molecule has 0 fully saturated rings. The number of carbonyl (C=O) groups excluding carboxylic acids is 1. The fraction of sp³-hybridized carbons (Fsp3) is 0.0909. The van der Waals surface area contributed by atoms with Crippen LogP contribution in [0.2, 0.25) is 0 Å². The number of anilines is 1. The fourth-order valence-electron chi connectivity index (χ4n) is 1.40. The van der Waals surface area contributed by atoms with Crippen LogP contribution in [0.3, 0.4) is 0 Å². The second-order valence-corrected chi connectivity index (χ2v) is 4.45. The normalized spacial score (nSPS) is 9.94. The zero-order valence-corrected chi connectivity index (χ0v) is 9.88. The van der Waals surface area contributed by atoms with E-state index in [0.717, 1.165) is 16.9 Å². The van der Waals surface area contributed by atoms with Gasteiger partial charge in [-0.2, -0.15) is 5.32 Å². The van der Waals surface area contributed by atoms with Crippen LogP contribution in [0.15, 0.2) is 35.6 Å². The summed E-state index contributed by atoms with van der Waals surface area (Å²) in [6.07, 6.45) is 1.45. The van der Waals surface area contributed by atoms with Gasteiger partial charge in [0.2, 0.25) is 5.00 Å². The number of nitrogens with zero attached hydrogens (tertiary/aromatic N) is 1. The molecule has 2 aromatic rings. The van der Waals surface area contributed by atoms with E-state index in [2.05, 4.69) is 15.5 Å². The van der Waals surface area contributed by atoms with Gasteiger partial charge in [-0.3, -0.25) is 0 Å². The number of aryl methyl sites for hydroxylation is 1. The van der Waals surface area contributed by atoms with E-state index >= 15 is 0 Å². The predicted octanol–water partition coefficient (Wildman–Crippen LogP) is 2.52. The Morgan fingerprint density at radius 1 is 1.41 bits per heavy atom. The number of nitrogens with one attached hydrogen (secondary N) is 2. The number of nitroso groups, excluding NO2 is 1. The molecule has 0 aliphatic heterocycles. The quantitative estimate of drug-likeness (QED) is 0.847. The molecule has 1 aromatic carbocycles. The first-order valence-corrected chi connectivity index (χ1v) is 5.74. The number of benzene rings is 1. The highest BCUT2D eigenvalue weighted by molar-refractivity contribution is 7.18. The van der Waals surface area contributed by atoms with Crippen LogP contribution in [0.25, 0.3) is 0 Å². The average Bonchev–Trinajstić information content (AvgIpc) is 2.77. The van der Waals surface area contributed by atoms with E-state index in [9.17, 15) is 9.70 Å². The number of thiazole rings is 1. The number of rotatable bonds is 3. The maximum absolute atomic E-state index is 11.9. The average molecular weight is 248 g/mol. The van der Waals surface area contributed by atoms with Crippen molar-refractivity contribution >= 4 is 27.4 Å². The molecule has 17 heavy (non-hydrogen) atoms. The van der Waals surface area contributed by atoms with Gasteiger partial charge >= 0.3 is 11.0 Å². The molecular formula is C11H10N3O2S+. The third-order valence-electron chi connectivity index (χ3n) is 2.24. The molecule has 1 aromatic heterocycles. The standard InChI is InChI=1S/C11H9N3O2S/c1-7-4-2-3-5-8(7)10(15)13-11-12-6-9(14-16)17-11/h2-6H,1H3,(H,12,13,15)/p+1. The number of amides is 1. The van der Waals surface area contributed by atoms with Crippen molar-refractivity contribution in [1.82, 2.24) is 0 Å². The highest BCUT2D eigenvalue weighted by Gasteiger charge is 2.16. The molecule has 6 heteroatoms. The second-order valence-electron chi connectivity index (χ2n) is 3.42. The number of aromatic amines is 1. The third kappa shape index (κ3) is 2.54. The van der Waals surface area contributed by atoms with Gasteiger partial charge in [-0.1, -0.05) is 18.2 Å². The summed E-state index contributed by atoms with van der Waals surface area (Å²) in [5, 5.41) is 6.24. The zero-order chi connectivity index (χ0) is 12.3. The molecule has 0 atom stereocenters. The van der Waals surface area contributed by atoms with Crippen molar-refractivity contribution in [3.8, 4) is 0 Å². The second kappa shape index (κ2) is 4.84. The van der Waals surface area contributed by atoms with Crippen LogP contribution in [0.1, 0.15) is 15.9 Å². The third-order valence-corrected chi connectivity index (χ3v) is 3.07. The zero-order valence-electron chi connectivity index (χ0n) is 9.06. The van der Waals surface area contributed by atoms with Crippen molar-refractivity contribution < 1.29 is 9.78 Å². The molecule has 0 saturated carbocycles. The van der Waals surface area contributed by atoms with Crippen molar-refractivity contribution in [3.63, 3.8) is 0 Å². The number of hydrogen-bond donors (Lipinski definition) is 1. The van der Waals surface area contributed by atoms with Crippen molar-refractivity contribution in [3.05, 3.63) is 46.5 Å². The van der Waals surface area contributed by atoms with Crippen LogP contribution in [-0.4, -0.2) is 5.91 Å². The molecule has 86 valence electrons. The van der Waals surface area contributed by atoms with E-state index in [4.69, 9.17) is 0 Å². The summed E-state index contributed by atoms with van der Waals surface area (Å²) in [6.45, 7) is 1.87. The highest BCUT2D eigenvalue weighted by Crippen LogP contribution is 2.22. The van der Waals surface area contributed by atoms with Gasteiger partial charge in [0, 0.05) is 0 Å². The van der Waals surface area contributed by atoms with Gasteiger partial charge in [0.05, 0.1) is 5.56 Å². The van der Waals surface area contributed by atoms with E-state index < -0.39 is 0 Å². The number of aromatic nitrogens is 1. The summed E-state index contributed by atoms with van der Waals surface area (Å²) >= 11 is 1.10. The Labute approximate surface area is 101 Å². The van der Waals surface area contributed by atoms with Crippen LogP contribution in [0.5, 0.6) is 0 Å². The lowest BCUT2D eigenvalue weighted by Crippen LogP contribution is -2.17. The smallest absolute Gasteiger partial charge is 0.241 e. The van der Waals surface area contributed by atoms with Crippen LogP contribution in [0, 0.1) is 11.8 Å². The Kier molecular flexibility index (Phi) is 3.24. The van der Waals surface area contributed by atoms with Gasteiger partial charge in [-0.25, -0.2) is 9.78 Å². The van der Waals surface area contributed by atoms with Gasteiger partial charge in [0.25, 0.3) is 0 Å².